The lowest BCUT2D eigenvalue weighted by atomic mass is 10.3. The molecule has 1 amide bonds. The molecule has 32 heavy (non-hydrogen) atoms. The van der Waals surface area contributed by atoms with Gasteiger partial charge in [0.25, 0.3) is 0 Å². The van der Waals surface area contributed by atoms with Gasteiger partial charge in [-0.1, -0.05) is 11.6 Å². The lowest BCUT2D eigenvalue weighted by Crippen LogP contribution is -2.49. The zero-order chi connectivity index (χ0) is 22.2. The van der Waals surface area contributed by atoms with Gasteiger partial charge in [0.15, 0.2) is 0 Å². The van der Waals surface area contributed by atoms with Crippen molar-refractivity contribution in [3.8, 4) is 5.75 Å². The minimum atomic E-state index is -0.0169. The first-order valence-corrected chi connectivity index (χ1v) is 11.7. The molecule has 0 radical (unpaired) electrons. The number of nitrogens with one attached hydrogen (secondary N) is 1. The molecule has 3 aromatic rings. The highest BCUT2D eigenvalue weighted by molar-refractivity contribution is 7.09. The zero-order valence-corrected chi connectivity index (χ0v) is 19.2. The number of aromatic nitrogens is 3. The molecule has 1 aliphatic heterocycles. The second-order valence-corrected chi connectivity index (χ2v) is 8.76. The van der Waals surface area contributed by atoms with Crippen LogP contribution in [-0.2, 0) is 17.8 Å². The number of halogens is 1. The lowest BCUT2D eigenvalue weighted by Gasteiger charge is -2.34. The Morgan fingerprint density at radius 1 is 1.12 bits per heavy atom. The number of thiazole rings is 1. The van der Waals surface area contributed by atoms with Crippen molar-refractivity contribution in [3.05, 3.63) is 63.8 Å². The fourth-order valence-electron chi connectivity index (χ4n) is 3.38. The number of hydrogen-bond acceptors (Lipinski definition) is 8. The van der Waals surface area contributed by atoms with Gasteiger partial charge in [0, 0.05) is 62.1 Å². The summed E-state index contributed by atoms with van der Waals surface area (Å²) in [5, 5.41) is 6.41. The summed E-state index contributed by atoms with van der Waals surface area (Å²) < 4.78 is 5.71. The van der Waals surface area contributed by atoms with Gasteiger partial charge in [-0.2, -0.15) is 0 Å². The van der Waals surface area contributed by atoms with Gasteiger partial charge in [-0.15, -0.1) is 11.3 Å². The van der Waals surface area contributed by atoms with E-state index in [1.807, 2.05) is 23.6 Å². The standard InChI is InChI=1S/C22H25ClN6O2S/c23-17-2-4-19(5-3-17)31-15-21-27-18(16-32-21)14-20(30)24-8-9-28-10-12-29(13-11-28)22-25-6-1-7-26-22/h1-7,16H,8-15H2,(H,24,30). The van der Waals surface area contributed by atoms with Gasteiger partial charge in [-0.05, 0) is 30.3 Å². The van der Waals surface area contributed by atoms with Crippen LogP contribution in [0.5, 0.6) is 5.75 Å². The number of benzene rings is 1. The fraction of sp³-hybridized carbons (Fsp3) is 0.364. The van der Waals surface area contributed by atoms with Crippen LogP contribution in [0.3, 0.4) is 0 Å². The van der Waals surface area contributed by atoms with Crippen LogP contribution in [0, 0.1) is 0 Å². The van der Waals surface area contributed by atoms with E-state index >= 15 is 0 Å². The largest absolute Gasteiger partial charge is 0.486 e. The van der Waals surface area contributed by atoms with E-state index in [4.69, 9.17) is 16.3 Å². The van der Waals surface area contributed by atoms with Crippen LogP contribution >= 0.6 is 22.9 Å². The average Bonchev–Trinajstić information content (AvgIpc) is 3.27. The first kappa shape index (κ1) is 22.4. The summed E-state index contributed by atoms with van der Waals surface area (Å²) in [4.78, 5) is 29.9. The van der Waals surface area contributed by atoms with Crippen LogP contribution in [0.1, 0.15) is 10.7 Å². The molecule has 0 bridgehead atoms. The van der Waals surface area contributed by atoms with E-state index in [-0.39, 0.29) is 12.3 Å². The van der Waals surface area contributed by atoms with Gasteiger partial charge < -0.3 is 15.0 Å². The maximum absolute atomic E-state index is 12.3. The summed E-state index contributed by atoms with van der Waals surface area (Å²) in [7, 11) is 0. The number of carbonyl (C=O) groups is 1. The molecule has 1 saturated heterocycles. The van der Waals surface area contributed by atoms with Crippen molar-refractivity contribution in [1.29, 1.82) is 0 Å². The third-order valence-corrected chi connectivity index (χ3v) is 6.20. The molecule has 3 heterocycles. The van der Waals surface area contributed by atoms with Gasteiger partial charge >= 0.3 is 0 Å². The second kappa shape index (κ2) is 11.2. The Labute approximate surface area is 196 Å². The number of anilines is 1. The molecule has 1 fully saturated rings. The normalized spacial score (nSPS) is 14.3. The van der Waals surface area contributed by atoms with Gasteiger partial charge in [0.2, 0.25) is 11.9 Å². The van der Waals surface area contributed by atoms with Crippen molar-refractivity contribution >= 4 is 34.8 Å². The minimum Gasteiger partial charge on any atom is -0.486 e. The number of carbonyl (C=O) groups excluding carboxylic acids is 1. The highest BCUT2D eigenvalue weighted by Crippen LogP contribution is 2.18. The van der Waals surface area contributed by atoms with Crippen LogP contribution in [-0.4, -0.2) is 65.0 Å². The highest BCUT2D eigenvalue weighted by atomic mass is 35.5. The quantitative estimate of drug-likeness (QED) is 0.512. The van der Waals surface area contributed by atoms with Crippen molar-refractivity contribution in [2.45, 2.75) is 13.0 Å². The van der Waals surface area contributed by atoms with Crippen molar-refractivity contribution in [2.24, 2.45) is 0 Å². The molecule has 0 atom stereocenters. The lowest BCUT2D eigenvalue weighted by molar-refractivity contribution is -0.120. The molecule has 1 N–H and O–H groups in total. The van der Waals surface area contributed by atoms with E-state index in [0.717, 1.165) is 55.1 Å². The first-order chi connectivity index (χ1) is 15.7. The first-order valence-electron chi connectivity index (χ1n) is 10.5. The van der Waals surface area contributed by atoms with Crippen LogP contribution in [0.2, 0.25) is 5.02 Å². The van der Waals surface area contributed by atoms with Gasteiger partial charge in [0.1, 0.15) is 17.4 Å². The Hall–Kier alpha value is -2.75. The Kier molecular flexibility index (Phi) is 7.87. The van der Waals surface area contributed by atoms with Crippen LogP contribution in [0.4, 0.5) is 5.95 Å². The summed E-state index contributed by atoms with van der Waals surface area (Å²) in [5.41, 5.74) is 0.763. The molecule has 0 spiro atoms. The maximum Gasteiger partial charge on any atom is 0.226 e. The molecule has 0 unspecified atom stereocenters. The predicted molar refractivity (Wildman–Crippen MR) is 125 cm³/mol. The van der Waals surface area contributed by atoms with Gasteiger partial charge in [-0.3, -0.25) is 9.69 Å². The van der Waals surface area contributed by atoms with Crippen molar-refractivity contribution in [2.75, 3.05) is 44.2 Å². The van der Waals surface area contributed by atoms with E-state index in [9.17, 15) is 4.79 Å². The molecule has 10 heteroatoms. The van der Waals surface area contributed by atoms with Crippen LogP contribution in [0.15, 0.2) is 48.1 Å². The minimum absolute atomic E-state index is 0.0169. The SMILES string of the molecule is O=C(Cc1csc(COc2ccc(Cl)cc2)n1)NCCN1CCN(c2ncccn2)CC1. The van der Waals surface area contributed by atoms with Crippen molar-refractivity contribution in [3.63, 3.8) is 0 Å². The van der Waals surface area contributed by atoms with Crippen LogP contribution in [0.25, 0.3) is 0 Å². The highest BCUT2D eigenvalue weighted by Gasteiger charge is 2.18. The van der Waals surface area contributed by atoms with Gasteiger partial charge in [0.05, 0.1) is 12.1 Å². The van der Waals surface area contributed by atoms with Crippen molar-refractivity contribution < 1.29 is 9.53 Å². The third kappa shape index (κ3) is 6.62. The number of hydrogen-bond donors (Lipinski definition) is 1. The molecule has 8 nitrogen and oxygen atoms in total. The van der Waals surface area contributed by atoms with E-state index in [1.54, 1.807) is 24.5 Å². The fourth-order valence-corrected chi connectivity index (χ4v) is 4.21. The second-order valence-electron chi connectivity index (χ2n) is 7.38. The summed E-state index contributed by atoms with van der Waals surface area (Å²) in [6.07, 6.45) is 3.81. The van der Waals surface area contributed by atoms with E-state index in [1.165, 1.54) is 11.3 Å². The predicted octanol–water partition coefficient (Wildman–Crippen LogP) is 2.65. The molecule has 168 valence electrons. The Morgan fingerprint density at radius 3 is 2.62 bits per heavy atom. The number of amides is 1. The zero-order valence-electron chi connectivity index (χ0n) is 17.6. The number of piperazine rings is 1. The Morgan fingerprint density at radius 2 is 1.88 bits per heavy atom. The molecule has 2 aromatic heterocycles. The topological polar surface area (TPSA) is 83.5 Å². The third-order valence-electron chi connectivity index (χ3n) is 5.07. The summed E-state index contributed by atoms with van der Waals surface area (Å²) in [5.74, 6) is 1.50. The average molecular weight is 473 g/mol. The molecule has 4 rings (SSSR count). The molecule has 0 saturated carbocycles. The van der Waals surface area contributed by atoms with Crippen molar-refractivity contribution in [1.82, 2.24) is 25.2 Å². The molecular weight excluding hydrogens is 448 g/mol. The summed E-state index contributed by atoms with van der Waals surface area (Å²) in [6.45, 7) is 5.45. The number of rotatable bonds is 9. The summed E-state index contributed by atoms with van der Waals surface area (Å²) in [6, 6.07) is 9.03. The monoisotopic (exact) mass is 472 g/mol. The Bertz CT molecular complexity index is 993. The molecule has 1 aliphatic rings. The molecular formula is C22H25ClN6O2S. The Balaban J connectivity index is 1.13. The van der Waals surface area contributed by atoms with E-state index in [2.05, 4.69) is 30.1 Å². The molecule has 0 aliphatic carbocycles. The van der Waals surface area contributed by atoms with Gasteiger partial charge in [-0.25, -0.2) is 15.0 Å². The van der Waals surface area contributed by atoms with E-state index in [0.29, 0.717) is 18.2 Å². The maximum atomic E-state index is 12.3. The summed E-state index contributed by atoms with van der Waals surface area (Å²) >= 11 is 7.37. The van der Waals surface area contributed by atoms with E-state index < -0.39 is 0 Å². The number of nitrogens with zero attached hydrogens (tertiary/aromatic N) is 5. The van der Waals surface area contributed by atoms with Crippen LogP contribution < -0.4 is 15.0 Å². The smallest absolute Gasteiger partial charge is 0.226 e. The molecule has 1 aromatic carbocycles. The number of ether oxygens (including phenoxy) is 1.